The fourth-order valence-electron chi connectivity index (χ4n) is 0.681. The molecule has 0 unspecified atom stereocenters. The van der Waals surface area contributed by atoms with Crippen molar-refractivity contribution in [2.24, 2.45) is 4.99 Å². The van der Waals surface area contributed by atoms with Crippen molar-refractivity contribution in [3.05, 3.63) is 0 Å². The molecule has 62 valence electrons. The van der Waals surface area contributed by atoms with E-state index in [9.17, 15) is 18.0 Å². The molecule has 0 aromatic carbocycles. The average Bonchev–Trinajstić information content (AvgIpc) is 2.11. The summed E-state index contributed by atoms with van der Waals surface area (Å²) in [5.74, 6) is 0. The van der Waals surface area contributed by atoms with E-state index in [2.05, 4.69) is 4.99 Å². The van der Waals surface area contributed by atoms with Crippen LogP contribution in [0.1, 0.15) is 0 Å². The minimum atomic E-state index is -4.47. The Balaban J connectivity index is 2.80. The first kappa shape index (κ1) is 8.03. The van der Waals surface area contributed by atoms with Crippen LogP contribution in [0.3, 0.4) is 0 Å². The minimum absolute atomic E-state index is 0.442. The molecule has 3 nitrogen and oxygen atoms in total. The molecule has 1 aliphatic heterocycles. The lowest BCUT2D eigenvalue weighted by Crippen LogP contribution is -2.29. The number of alkyl halides is 3. The zero-order valence-corrected chi connectivity index (χ0v) is 5.64. The molecular formula is C5H5F3N2O. The highest BCUT2D eigenvalue weighted by Gasteiger charge is 2.40. The van der Waals surface area contributed by atoms with E-state index in [1.807, 2.05) is 0 Å². The normalized spacial score (nSPS) is 19.1. The van der Waals surface area contributed by atoms with Crippen molar-refractivity contribution in [3.63, 3.8) is 0 Å². The quantitative estimate of drug-likeness (QED) is 0.529. The molecule has 0 fully saturated rings. The number of urea groups is 1. The van der Waals surface area contributed by atoms with Gasteiger partial charge >= 0.3 is 12.2 Å². The zero-order valence-electron chi connectivity index (χ0n) is 5.64. The topological polar surface area (TPSA) is 32.7 Å². The van der Waals surface area contributed by atoms with Crippen LogP contribution in [0.2, 0.25) is 0 Å². The summed E-state index contributed by atoms with van der Waals surface area (Å²) in [5.41, 5.74) is -1.02. The molecule has 2 amide bonds. The second kappa shape index (κ2) is 2.21. The first-order valence-corrected chi connectivity index (χ1v) is 2.81. The number of nitrogens with zero attached hydrogens (tertiary/aromatic N) is 2. The Kier molecular flexibility index (Phi) is 1.62. The second-order valence-corrected chi connectivity index (χ2v) is 2.19. The lowest BCUT2D eigenvalue weighted by atomic mass is 10.4. The fraction of sp³-hybridized carbons (Fsp3) is 0.600. The summed E-state index contributed by atoms with van der Waals surface area (Å²) in [6.45, 7) is -0.442. The molecule has 0 saturated carbocycles. The number of carbonyl (C=O) groups excluding carboxylic acids is 1. The molecule has 1 aliphatic rings. The van der Waals surface area contributed by atoms with Gasteiger partial charge in [-0.05, 0) is 0 Å². The van der Waals surface area contributed by atoms with Gasteiger partial charge in [-0.25, -0.2) is 4.79 Å². The smallest absolute Gasteiger partial charge is 0.320 e. The fourth-order valence-corrected chi connectivity index (χ4v) is 0.681. The molecule has 0 radical (unpaired) electrons. The van der Waals surface area contributed by atoms with Gasteiger partial charge in [0.2, 0.25) is 0 Å². The number of hydrogen-bond acceptors (Lipinski definition) is 1. The Bertz CT molecular complexity index is 220. The Labute approximate surface area is 60.5 Å². The molecule has 1 heterocycles. The van der Waals surface area contributed by atoms with Crippen molar-refractivity contribution in [1.29, 1.82) is 0 Å². The van der Waals surface area contributed by atoms with Gasteiger partial charge in [0, 0.05) is 7.05 Å². The highest BCUT2D eigenvalue weighted by atomic mass is 19.4. The molecule has 0 aliphatic carbocycles. The zero-order chi connectivity index (χ0) is 8.65. The van der Waals surface area contributed by atoms with Crippen LogP contribution in [0.4, 0.5) is 18.0 Å². The van der Waals surface area contributed by atoms with E-state index in [-0.39, 0.29) is 0 Å². The Morgan fingerprint density at radius 1 is 1.55 bits per heavy atom. The van der Waals surface area contributed by atoms with E-state index < -0.39 is 24.5 Å². The van der Waals surface area contributed by atoms with E-state index in [4.69, 9.17) is 0 Å². The maximum atomic E-state index is 11.8. The third-order valence-corrected chi connectivity index (χ3v) is 1.27. The van der Waals surface area contributed by atoms with E-state index in [1.165, 1.54) is 7.05 Å². The number of amides is 2. The molecule has 1 rings (SSSR count). The molecule has 0 saturated heterocycles. The Morgan fingerprint density at radius 3 is 2.27 bits per heavy atom. The van der Waals surface area contributed by atoms with Gasteiger partial charge in [0.25, 0.3) is 0 Å². The van der Waals surface area contributed by atoms with Gasteiger partial charge in [-0.15, -0.1) is 0 Å². The van der Waals surface area contributed by atoms with Crippen LogP contribution in [0, 0.1) is 0 Å². The first-order valence-electron chi connectivity index (χ1n) is 2.81. The second-order valence-electron chi connectivity index (χ2n) is 2.19. The van der Waals surface area contributed by atoms with Crippen LogP contribution >= 0.6 is 0 Å². The summed E-state index contributed by atoms with van der Waals surface area (Å²) in [6, 6.07) is -0.836. The lowest BCUT2D eigenvalue weighted by Gasteiger charge is -2.07. The standard InChI is InChI=1S/C5H5F3N2O/c1-10-2-3(5(6,7)8)9-4(10)11/h2H2,1H3. The molecule has 0 spiro atoms. The highest BCUT2D eigenvalue weighted by Crippen LogP contribution is 2.21. The highest BCUT2D eigenvalue weighted by molar-refractivity contribution is 6.05. The van der Waals surface area contributed by atoms with Crippen LogP contribution < -0.4 is 0 Å². The monoisotopic (exact) mass is 166 g/mol. The first-order chi connectivity index (χ1) is 4.91. The van der Waals surface area contributed by atoms with E-state index >= 15 is 0 Å². The number of carbonyl (C=O) groups is 1. The van der Waals surface area contributed by atoms with Crippen molar-refractivity contribution in [2.75, 3.05) is 13.6 Å². The molecule has 0 aromatic heterocycles. The van der Waals surface area contributed by atoms with Crippen LogP contribution in [0.5, 0.6) is 0 Å². The minimum Gasteiger partial charge on any atom is -0.320 e. The summed E-state index contributed by atoms with van der Waals surface area (Å²) < 4.78 is 35.4. The van der Waals surface area contributed by atoms with Crippen LogP contribution in [-0.2, 0) is 0 Å². The van der Waals surface area contributed by atoms with Gasteiger partial charge in [0.05, 0.1) is 6.54 Å². The molecule has 6 heteroatoms. The molecule has 0 N–H and O–H groups in total. The number of halogens is 3. The largest absolute Gasteiger partial charge is 0.431 e. The lowest BCUT2D eigenvalue weighted by molar-refractivity contribution is -0.0598. The maximum Gasteiger partial charge on any atom is 0.431 e. The Hall–Kier alpha value is -1.07. The van der Waals surface area contributed by atoms with Crippen molar-refractivity contribution >= 4 is 11.7 Å². The third kappa shape index (κ3) is 1.50. The summed E-state index contributed by atoms with van der Waals surface area (Å²) in [5, 5.41) is 0. The van der Waals surface area contributed by atoms with E-state index in [0.717, 1.165) is 4.90 Å². The van der Waals surface area contributed by atoms with Gasteiger partial charge in [-0.3, -0.25) is 0 Å². The SMILES string of the molecule is CN1CC(C(F)(F)F)=NC1=O. The van der Waals surface area contributed by atoms with Gasteiger partial charge < -0.3 is 4.90 Å². The van der Waals surface area contributed by atoms with Crippen molar-refractivity contribution in [3.8, 4) is 0 Å². The molecule has 0 atom stereocenters. The van der Waals surface area contributed by atoms with Crippen molar-refractivity contribution in [1.82, 2.24) is 4.90 Å². The Morgan fingerprint density at radius 2 is 2.09 bits per heavy atom. The van der Waals surface area contributed by atoms with Crippen LogP contribution in [0.25, 0.3) is 0 Å². The number of hydrogen-bond donors (Lipinski definition) is 0. The summed E-state index contributed by atoms with van der Waals surface area (Å²) in [7, 11) is 1.27. The summed E-state index contributed by atoms with van der Waals surface area (Å²) in [6.07, 6.45) is -4.47. The van der Waals surface area contributed by atoms with Gasteiger partial charge in [-0.2, -0.15) is 18.2 Å². The van der Waals surface area contributed by atoms with Gasteiger partial charge in [0.15, 0.2) is 0 Å². The molecular weight excluding hydrogens is 161 g/mol. The van der Waals surface area contributed by atoms with Crippen molar-refractivity contribution < 1.29 is 18.0 Å². The summed E-state index contributed by atoms with van der Waals surface area (Å²) >= 11 is 0. The van der Waals surface area contributed by atoms with Crippen LogP contribution in [-0.4, -0.2) is 36.4 Å². The average molecular weight is 166 g/mol. The van der Waals surface area contributed by atoms with Gasteiger partial charge in [0.1, 0.15) is 5.71 Å². The van der Waals surface area contributed by atoms with Crippen LogP contribution in [0.15, 0.2) is 4.99 Å². The predicted octanol–water partition coefficient (Wildman–Crippen LogP) is 1.06. The molecule has 0 aromatic rings. The van der Waals surface area contributed by atoms with Crippen molar-refractivity contribution in [2.45, 2.75) is 6.18 Å². The summed E-state index contributed by atoms with van der Waals surface area (Å²) in [4.78, 5) is 14.2. The predicted molar refractivity (Wildman–Crippen MR) is 31.5 cm³/mol. The maximum absolute atomic E-state index is 11.8. The van der Waals surface area contributed by atoms with E-state index in [0.29, 0.717) is 0 Å². The third-order valence-electron chi connectivity index (χ3n) is 1.27. The van der Waals surface area contributed by atoms with Gasteiger partial charge in [-0.1, -0.05) is 0 Å². The number of rotatable bonds is 0. The molecule has 0 bridgehead atoms. The van der Waals surface area contributed by atoms with E-state index in [1.54, 1.807) is 0 Å². The number of aliphatic imine (C=N–C) groups is 1. The molecule has 11 heavy (non-hydrogen) atoms.